The van der Waals surface area contributed by atoms with Crippen molar-refractivity contribution in [3.8, 4) is 0 Å². The Balaban J connectivity index is 2.06. The first-order valence-electron chi connectivity index (χ1n) is 7.85. The topological polar surface area (TPSA) is 44.4 Å². The van der Waals surface area contributed by atoms with Crippen LogP contribution in [-0.4, -0.2) is 42.8 Å². The Hall–Kier alpha value is -1.90. The molecule has 1 heterocycles. The van der Waals surface area contributed by atoms with Crippen LogP contribution in [0.25, 0.3) is 0 Å². The van der Waals surface area contributed by atoms with Gasteiger partial charge >= 0.3 is 12.2 Å². The summed E-state index contributed by atoms with van der Waals surface area (Å²) in [5.74, 6) is -1.36. The van der Waals surface area contributed by atoms with Crippen molar-refractivity contribution in [3.63, 3.8) is 0 Å². The van der Waals surface area contributed by atoms with Gasteiger partial charge in [0.15, 0.2) is 0 Å². The Morgan fingerprint density at radius 3 is 2.64 bits per heavy atom. The first-order valence-corrected chi connectivity index (χ1v) is 7.85. The van der Waals surface area contributed by atoms with Crippen molar-refractivity contribution in [2.24, 2.45) is 0 Å². The van der Waals surface area contributed by atoms with E-state index in [1.54, 1.807) is 0 Å². The highest BCUT2D eigenvalue weighted by molar-refractivity contribution is 5.74. The molecule has 1 fully saturated rings. The summed E-state index contributed by atoms with van der Waals surface area (Å²) in [6.45, 7) is 1.05. The summed E-state index contributed by atoms with van der Waals surface area (Å²) >= 11 is 0. The number of hydrogen-bond donors (Lipinski definition) is 2. The van der Waals surface area contributed by atoms with Gasteiger partial charge in [-0.2, -0.15) is 13.2 Å². The predicted molar refractivity (Wildman–Crippen MR) is 82.0 cm³/mol. The molecule has 0 saturated carbocycles. The van der Waals surface area contributed by atoms with Gasteiger partial charge in [-0.05, 0) is 44.5 Å². The molecule has 1 aromatic carbocycles. The number of alkyl halides is 3. The molecule has 2 amide bonds. The number of urea groups is 1. The molecule has 1 aliphatic rings. The first kappa shape index (κ1) is 19.4. The number of nitrogens with one attached hydrogen (secondary N) is 2. The van der Waals surface area contributed by atoms with Gasteiger partial charge < -0.3 is 15.5 Å². The van der Waals surface area contributed by atoms with Crippen LogP contribution in [0.1, 0.15) is 31.4 Å². The molecule has 0 bridgehead atoms. The number of amides is 2. The number of nitrogens with zero attached hydrogens (tertiary/aromatic N) is 1. The second kappa shape index (κ2) is 7.15. The molecular weight excluding hydrogens is 345 g/mol. The molecule has 4 nitrogen and oxygen atoms in total. The zero-order valence-electron chi connectivity index (χ0n) is 13.9. The van der Waals surface area contributed by atoms with Crippen LogP contribution in [0.4, 0.5) is 26.7 Å². The number of benzene rings is 1. The van der Waals surface area contributed by atoms with E-state index in [9.17, 15) is 26.7 Å². The molecule has 0 aliphatic carbocycles. The van der Waals surface area contributed by atoms with E-state index in [4.69, 9.17) is 0 Å². The van der Waals surface area contributed by atoms with Crippen molar-refractivity contribution >= 4 is 6.03 Å². The minimum atomic E-state index is -4.50. The van der Waals surface area contributed by atoms with Crippen LogP contribution in [0.2, 0.25) is 0 Å². The van der Waals surface area contributed by atoms with Crippen LogP contribution < -0.4 is 10.6 Å². The highest BCUT2D eigenvalue weighted by Crippen LogP contribution is 2.36. The summed E-state index contributed by atoms with van der Waals surface area (Å²) in [6, 6.07) is 1.19. The average Bonchev–Trinajstić information content (AvgIpc) is 3.03. The summed E-state index contributed by atoms with van der Waals surface area (Å²) in [6.07, 6.45) is -4.28. The molecular formula is C16H20F5N3O. The van der Waals surface area contributed by atoms with Gasteiger partial charge in [0.05, 0.1) is 6.04 Å². The summed E-state index contributed by atoms with van der Waals surface area (Å²) in [5.41, 5.74) is -2.21. The van der Waals surface area contributed by atoms with Crippen LogP contribution >= 0.6 is 0 Å². The van der Waals surface area contributed by atoms with Crippen molar-refractivity contribution in [3.05, 3.63) is 35.4 Å². The van der Waals surface area contributed by atoms with Gasteiger partial charge in [0.2, 0.25) is 0 Å². The summed E-state index contributed by atoms with van der Waals surface area (Å²) < 4.78 is 66.9. The quantitative estimate of drug-likeness (QED) is 0.804. The largest absolute Gasteiger partial charge is 0.408 e. The highest BCUT2D eigenvalue weighted by atomic mass is 19.4. The third kappa shape index (κ3) is 4.02. The second-order valence-corrected chi connectivity index (χ2v) is 6.22. The lowest BCUT2D eigenvalue weighted by Gasteiger charge is -2.33. The Morgan fingerprint density at radius 1 is 1.40 bits per heavy atom. The maximum absolute atomic E-state index is 13.8. The van der Waals surface area contributed by atoms with Crippen molar-refractivity contribution in [2.75, 3.05) is 20.1 Å². The Kier molecular flexibility index (Phi) is 5.55. The fourth-order valence-electron chi connectivity index (χ4n) is 2.87. The molecule has 1 saturated heterocycles. The van der Waals surface area contributed by atoms with E-state index in [-0.39, 0.29) is 18.5 Å². The van der Waals surface area contributed by atoms with E-state index in [0.717, 1.165) is 23.1 Å². The summed E-state index contributed by atoms with van der Waals surface area (Å²) in [7, 11) is 1.31. The Morgan fingerprint density at radius 2 is 2.08 bits per heavy atom. The molecule has 2 atom stereocenters. The first-order chi connectivity index (χ1) is 11.6. The fourth-order valence-corrected chi connectivity index (χ4v) is 2.87. The number of hydrogen-bond acceptors (Lipinski definition) is 2. The maximum Gasteiger partial charge on any atom is 0.408 e. The van der Waals surface area contributed by atoms with E-state index in [0.29, 0.717) is 6.42 Å². The van der Waals surface area contributed by atoms with E-state index >= 15 is 0 Å². The molecule has 25 heavy (non-hydrogen) atoms. The number of carbonyl (C=O) groups excluding carboxylic acids is 1. The lowest BCUT2D eigenvalue weighted by molar-refractivity contribution is -0.190. The van der Waals surface area contributed by atoms with E-state index in [2.05, 4.69) is 10.6 Å². The molecule has 0 spiro atoms. The second-order valence-electron chi connectivity index (χ2n) is 6.22. The van der Waals surface area contributed by atoms with Crippen molar-refractivity contribution in [2.45, 2.75) is 37.5 Å². The number of halogens is 5. The smallest absolute Gasteiger partial charge is 0.336 e. The van der Waals surface area contributed by atoms with E-state index in [1.807, 2.05) is 0 Å². The van der Waals surface area contributed by atoms with Crippen LogP contribution in [0.5, 0.6) is 0 Å². The van der Waals surface area contributed by atoms with Crippen molar-refractivity contribution < 1.29 is 26.7 Å². The summed E-state index contributed by atoms with van der Waals surface area (Å²) in [4.78, 5) is 13.2. The maximum atomic E-state index is 13.8. The van der Waals surface area contributed by atoms with Gasteiger partial charge in [-0.25, -0.2) is 13.6 Å². The molecule has 2 unspecified atom stereocenters. The molecule has 1 aromatic rings. The van der Waals surface area contributed by atoms with Crippen molar-refractivity contribution in [1.29, 1.82) is 0 Å². The molecule has 0 aromatic heterocycles. The van der Waals surface area contributed by atoms with Gasteiger partial charge in [0.25, 0.3) is 0 Å². The van der Waals surface area contributed by atoms with Crippen LogP contribution in [0.15, 0.2) is 18.2 Å². The number of rotatable bonds is 4. The minimum Gasteiger partial charge on any atom is -0.336 e. The third-order valence-corrected chi connectivity index (χ3v) is 4.64. The minimum absolute atomic E-state index is 0.0535. The number of carbonyl (C=O) groups is 1. The Labute approximate surface area is 142 Å². The molecule has 2 N–H and O–H groups in total. The standard InChI is InChI=1S/C16H20F5N3O/c1-10(12-8-11(17)4-5-13(12)18)24(2)14(25)22-9-15(16(19,20)21)6-3-7-23-15/h4-5,8,10,23H,3,6-7,9H2,1-2H3,(H,22,25). The summed E-state index contributed by atoms with van der Waals surface area (Å²) in [5, 5.41) is 4.66. The van der Waals surface area contributed by atoms with Crippen molar-refractivity contribution in [1.82, 2.24) is 15.5 Å². The monoisotopic (exact) mass is 365 g/mol. The van der Waals surface area contributed by atoms with Gasteiger partial charge in [0, 0.05) is 19.2 Å². The Bertz CT molecular complexity index is 629. The third-order valence-electron chi connectivity index (χ3n) is 4.64. The normalized spacial score (nSPS) is 21.9. The fraction of sp³-hybridized carbons (Fsp3) is 0.562. The molecule has 1 aliphatic heterocycles. The van der Waals surface area contributed by atoms with Gasteiger partial charge in [-0.3, -0.25) is 0 Å². The molecule has 140 valence electrons. The molecule has 2 rings (SSSR count). The zero-order chi connectivity index (χ0) is 18.8. The van der Waals surface area contributed by atoms with Gasteiger partial charge in [0.1, 0.15) is 17.2 Å². The van der Waals surface area contributed by atoms with E-state index in [1.165, 1.54) is 14.0 Å². The lowest BCUT2D eigenvalue weighted by Crippen LogP contribution is -2.60. The van der Waals surface area contributed by atoms with E-state index < -0.39 is 42.0 Å². The van der Waals surface area contributed by atoms with Crippen LogP contribution in [0, 0.1) is 11.6 Å². The molecule has 0 radical (unpaired) electrons. The van der Waals surface area contributed by atoms with Crippen LogP contribution in [0.3, 0.4) is 0 Å². The highest BCUT2D eigenvalue weighted by Gasteiger charge is 2.56. The van der Waals surface area contributed by atoms with Gasteiger partial charge in [-0.15, -0.1) is 0 Å². The zero-order valence-corrected chi connectivity index (χ0v) is 13.9. The lowest BCUT2D eigenvalue weighted by atomic mass is 9.97. The molecule has 9 heteroatoms. The average molecular weight is 365 g/mol. The van der Waals surface area contributed by atoms with Crippen LogP contribution in [-0.2, 0) is 0 Å². The predicted octanol–water partition coefficient (Wildman–Crippen LogP) is 3.35. The SMILES string of the molecule is CC(c1cc(F)ccc1F)N(C)C(=O)NCC1(C(F)(F)F)CCCN1. The van der Waals surface area contributed by atoms with Gasteiger partial charge in [-0.1, -0.05) is 0 Å².